The lowest BCUT2D eigenvalue weighted by Gasteiger charge is -2.28. The molecule has 1 aliphatic heterocycles. The largest absolute Gasteiger partial charge is 0.477 e. The molecule has 0 aliphatic carbocycles. The molecular formula is C23H24N4O. The Kier molecular flexibility index (Phi) is 5.41. The lowest BCUT2D eigenvalue weighted by atomic mass is 9.98. The topological polar surface area (TPSA) is 64.3 Å². The van der Waals surface area contributed by atoms with Gasteiger partial charge in [0.25, 0.3) is 0 Å². The number of piperidine rings is 1. The molecule has 28 heavy (non-hydrogen) atoms. The normalized spacial score (nSPS) is 15.2. The number of hydrogen-bond acceptors (Lipinski definition) is 5. The van der Waals surface area contributed by atoms with E-state index in [1.54, 1.807) is 12.4 Å². The molecule has 2 N–H and O–H groups in total. The van der Waals surface area contributed by atoms with E-state index in [1.165, 1.54) is 12.8 Å². The molecule has 4 rings (SSSR count). The molecule has 0 bridgehead atoms. The van der Waals surface area contributed by atoms with E-state index in [2.05, 4.69) is 33.8 Å². The first-order valence-corrected chi connectivity index (χ1v) is 9.61. The third-order valence-electron chi connectivity index (χ3n) is 5.19. The van der Waals surface area contributed by atoms with Gasteiger partial charge in [-0.25, -0.2) is 9.97 Å². The molecule has 0 amide bonds. The summed E-state index contributed by atoms with van der Waals surface area (Å²) in [6, 6.07) is 11.7. The molecule has 1 aromatic carbocycles. The number of aromatic nitrogens is 2. The van der Waals surface area contributed by atoms with E-state index in [9.17, 15) is 0 Å². The fourth-order valence-electron chi connectivity index (χ4n) is 3.39. The Bertz CT molecular complexity index is 1010. The molecular weight excluding hydrogens is 348 g/mol. The van der Waals surface area contributed by atoms with Crippen molar-refractivity contribution in [2.45, 2.75) is 12.8 Å². The van der Waals surface area contributed by atoms with E-state index >= 15 is 0 Å². The average Bonchev–Trinajstić information content (AvgIpc) is 2.73. The van der Waals surface area contributed by atoms with E-state index in [4.69, 9.17) is 10.5 Å². The second-order valence-corrected chi connectivity index (χ2v) is 7.32. The van der Waals surface area contributed by atoms with Gasteiger partial charge >= 0.3 is 0 Å². The number of rotatable bonds is 3. The third-order valence-corrected chi connectivity index (χ3v) is 5.19. The van der Waals surface area contributed by atoms with Crippen LogP contribution in [0.25, 0.3) is 10.8 Å². The van der Waals surface area contributed by atoms with Crippen molar-refractivity contribution in [2.75, 3.05) is 32.5 Å². The van der Waals surface area contributed by atoms with Crippen LogP contribution in [0.3, 0.4) is 0 Å². The van der Waals surface area contributed by atoms with Gasteiger partial charge in [0.15, 0.2) is 0 Å². The average molecular weight is 372 g/mol. The Morgan fingerprint density at radius 1 is 1.07 bits per heavy atom. The van der Waals surface area contributed by atoms with Crippen LogP contribution in [0.4, 0.5) is 5.82 Å². The molecule has 1 saturated heterocycles. The fourth-order valence-corrected chi connectivity index (χ4v) is 3.39. The lowest BCUT2D eigenvalue weighted by Crippen LogP contribution is -2.32. The Labute approximate surface area is 165 Å². The maximum absolute atomic E-state index is 5.89. The first-order chi connectivity index (χ1) is 13.7. The molecule has 5 heteroatoms. The minimum atomic E-state index is 0.539. The summed E-state index contributed by atoms with van der Waals surface area (Å²) < 4.78 is 5.86. The zero-order valence-corrected chi connectivity index (χ0v) is 16.1. The summed E-state index contributed by atoms with van der Waals surface area (Å²) in [5.74, 6) is 8.16. The number of nitrogen functional groups attached to an aromatic ring is 1. The van der Waals surface area contributed by atoms with Crippen molar-refractivity contribution in [2.24, 2.45) is 5.92 Å². The zero-order valence-electron chi connectivity index (χ0n) is 16.1. The number of hydrogen-bond donors (Lipinski definition) is 1. The van der Waals surface area contributed by atoms with E-state index in [0.29, 0.717) is 17.6 Å². The van der Waals surface area contributed by atoms with Crippen molar-refractivity contribution in [3.05, 3.63) is 59.9 Å². The predicted molar refractivity (Wildman–Crippen MR) is 112 cm³/mol. The fraction of sp³-hybridized carbons (Fsp3) is 0.304. The number of nitrogens with zero attached hydrogens (tertiary/aromatic N) is 3. The number of ether oxygens (including phenoxy) is 1. The minimum absolute atomic E-state index is 0.539. The molecule has 0 radical (unpaired) electrons. The van der Waals surface area contributed by atoms with Gasteiger partial charge in [0.2, 0.25) is 5.88 Å². The van der Waals surface area contributed by atoms with Gasteiger partial charge in [0, 0.05) is 35.0 Å². The van der Waals surface area contributed by atoms with E-state index in [0.717, 1.165) is 41.6 Å². The molecule has 1 aliphatic rings. The van der Waals surface area contributed by atoms with Crippen molar-refractivity contribution in [1.82, 2.24) is 14.9 Å². The van der Waals surface area contributed by atoms with Crippen molar-refractivity contribution >= 4 is 16.6 Å². The molecule has 3 aromatic rings. The number of pyridine rings is 2. The van der Waals surface area contributed by atoms with Crippen LogP contribution in [0, 0.1) is 17.8 Å². The molecule has 0 spiro atoms. The van der Waals surface area contributed by atoms with Gasteiger partial charge < -0.3 is 15.4 Å². The molecule has 0 saturated carbocycles. The summed E-state index contributed by atoms with van der Waals surface area (Å²) in [4.78, 5) is 10.9. The quantitative estimate of drug-likeness (QED) is 0.715. The van der Waals surface area contributed by atoms with Gasteiger partial charge in [0.1, 0.15) is 5.82 Å². The lowest BCUT2D eigenvalue weighted by molar-refractivity contribution is 0.157. The standard InChI is InChI=1S/C23H24N4O/c1-27-12-9-19(10-13-27)16-28-22-7-5-18(15-26-22)3-2-17-4-6-21-20(14-17)8-11-25-23(21)24/h4-8,11,14-15,19H,9-10,12-13,16H2,1H3,(H2,24,25). The van der Waals surface area contributed by atoms with Gasteiger partial charge in [0.05, 0.1) is 6.61 Å². The first kappa shape index (κ1) is 18.3. The SMILES string of the molecule is CN1CCC(COc2ccc(C#Cc3ccc4c(N)nccc4c3)cn2)CC1. The van der Waals surface area contributed by atoms with Crippen molar-refractivity contribution in [1.29, 1.82) is 0 Å². The smallest absolute Gasteiger partial charge is 0.213 e. The highest BCUT2D eigenvalue weighted by Crippen LogP contribution is 2.20. The number of benzene rings is 1. The molecule has 0 unspecified atom stereocenters. The van der Waals surface area contributed by atoms with Gasteiger partial charge in [-0.3, -0.25) is 0 Å². The highest BCUT2D eigenvalue weighted by Gasteiger charge is 2.17. The van der Waals surface area contributed by atoms with Crippen LogP contribution in [0.15, 0.2) is 48.8 Å². The summed E-state index contributed by atoms with van der Waals surface area (Å²) in [7, 11) is 2.17. The second kappa shape index (κ2) is 8.28. The molecule has 5 nitrogen and oxygen atoms in total. The Morgan fingerprint density at radius 3 is 2.64 bits per heavy atom. The first-order valence-electron chi connectivity index (χ1n) is 9.61. The summed E-state index contributed by atoms with van der Waals surface area (Å²) in [5.41, 5.74) is 7.69. The summed E-state index contributed by atoms with van der Waals surface area (Å²) in [6.07, 6.45) is 5.85. The van der Waals surface area contributed by atoms with E-state index in [1.807, 2.05) is 36.4 Å². The minimum Gasteiger partial charge on any atom is -0.477 e. The Morgan fingerprint density at radius 2 is 1.86 bits per heavy atom. The van der Waals surface area contributed by atoms with Crippen LogP contribution in [0.5, 0.6) is 5.88 Å². The summed E-state index contributed by atoms with van der Waals surface area (Å²) in [5, 5.41) is 1.98. The summed E-state index contributed by atoms with van der Waals surface area (Å²) in [6.45, 7) is 3.03. The van der Waals surface area contributed by atoms with Gasteiger partial charge in [-0.2, -0.15) is 0 Å². The molecule has 142 valence electrons. The van der Waals surface area contributed by atoms with Crippen LogP contribution in [0.2, 0.25) is 0 Å². The van der Waals surface area contributed by atoms with Crippen LogP contribution in [-0.4, -0.2) is 41.6 Å². The van der Waals surface area contributed by atoms with Gasteiger partial charge in [-0.15, -0.1) is 0 Å². The second-order valence-electron chi connectivity index (χ2n) is 7.32. The number of fused-ring (bicyclic) bond motifs is 1. The highest BCUT2D eigenvalue weighted by atomic mass is 16.5. The highest BCUT2D eigenvalue weighted by molar-refractivity contribution is 5.91. The van der Waals surface area contributed by atoms with Gasteiger partial charge in [-0.1, -0.05) is 11.8 Å². The number of anilines is 1. The van der Waals surface area contributed by atoms with Crippen molar-refractivity contribution < 1.29 is 4.74 Å². The molecule has 0 atom stereocenters. The maximum Gasteiger partial charge on any atom is 0.213 e. The van der Waals surface area contributed by atoms with Crippen molar-refractivity contribution in [3.8, 4) is 17.7 Å². The van der Waals surface area contributed by atoms with Crippen LogP contribution < -0.4 is 10.5 Å². The van der Waals surface area contributed by atoms with Crippen LogP contribution in [-0.2, 0) is 0 Å². The Hall–Kier alpha value is -3.10. The van der Waals surface area contributed by atoms with E-state index in [-0.39, 0.29) is 0 Å². The number of nitrogens with two attached hydrogens (primary N) is 1. The Balaban J connectivity index is 1.38. The molecule has 1 fully saturated rings. The zero-order chi connectivity index (χ0) is 19.3. The third kappa shape index (κ3) is 4.41. The monoisotopic (exact) mass is 372 g/mol. The molecule has 2 aromatic heterocycles. The van der Waals surface area contributed by atoms with Crippen LogP contribution in [0.1, 0.15) is 24.0 Å². The van der Waals surface area contributed by atoms with E-state index < -0.39 is 0 Å². The predicted octanol–water partition coefficient (Wildman–Crippen LogP) is 3.33. The summed E-state index contributed by atoms with van der Waals surface area (Å²) >= 11 is 0. The van der Waals surface area contributed by atoms with Gasteiger partial charge in [-0.05, 0) is 74.6 Å². The molecule has 3 heterocycles. The number of likely N-dealkylation sites (tertiary alicyclic amines) is 1. The van der Waals surface area contributed by atoms with Crippen molar-refractivity contribution in [3.63, 3.8) is 0 Å². The maximum atomic E-state index is 5.89. The van der Waals surface area contributed by atoms with Crippen LogP contribution >= 0.6 is 0 Å².